The standard InChI is InChI=1S/C10H12N4OS.Ca.2H/c1-7(15)13-9-4-2-8(3-5-9)6-12-14-10(11)16;;;/h2-6H,1H3,(H,13,15)(H3,11,14,16);;;/q;+2;2*-1. The predicted molar refractivity (Wildman–Crippen MR) is 76.2 cm³/mol. The Labute approximate surface area is 138 Å². The van der Waals surface area contributed by atoms with E-state index in [-0.39, 0.29) is 51.6 Å². The van der Waals surface area contributed by atoms with Gasteiger partial charge in [0, 0.05) is 12.6 Å². The monoisotopic (exact) mass is 278 g/mol. The number of nitrogens with two attached hydrogens (primary N) is 1. The molecule has 0 saturated carbocycles. The van der Waals surface area contributed by atoms with Crippen LogP contribution in [0, 0.1) is 0 Å². The summed E-state index contributed by atoms with van der Waals surface area (Å²) in [5.74, 6) is -0.100. The first-order valence-corrected chi connectivity index (χ1v) is 4.95. The second kappa shape index (κ2) is 8.41. The zero-order valence-corrected chi connectivity index (χ0v) is 12.5. The number of thiocarbonyl (C=S) groups is 1. The molecule has 0 radical (unpaired) electrons. The number of carbonyl (C=O) groups is 1. The van der Waals surface area contributed by atoms with Crippen molar-refractivity contribution in [2.45, 2.75) is 6.92 Å². The number of hydrogen-bond donors (Lipinski definition) is 3. The zero-order chi connectivity index (χ0) is 12.0. The predicted octanol–water partition coefficient (Wildman–Crippen LogP) is 0.656. The summed E-state index contributed by atoms with van der Waals surface area (Å²) >= 11 is 4.58. The molecule has 88 valence electrons. The summed E-state index contributed by atoms with van der Waals surface area (Å²) in [6, 6.07) is 7.19. The second-order valence-electron chi connectivity index (χ2n) is 3.04. The Morgan fingerprint density at radius 3 is 2.53 bits per heavy atom. The molecule has 17 heavy (non-hydrogen) atoms. The number of carbonyl (C=O) groups excluding carboxylic acids is 1. The van der Waals surface area contributed by atoms with Gasteiger partial charge in [-0.25, -0.2) is 0 Å². The third kappa shape index (κ3) is 7.27. The molecule has 0 unspecified atom stereocenters. The minimum absolute atomic E-state index is 0. The molecule has 1 amide bonds. The zero-order valence-electron chi connectivity index (χ0n) is 11.4. The van der Waals surface area contributed by atoms with Crippen LogP contribution >= 0.6 is 12.2 Å². The van der Waals surface area contributed by atoms with E-state index >= 15 is 0 Å². The first kappa shape index (κ1) is 16.3. The van der Waals surface area contributed by atoms with E-state index in [0.29, 0.717) is 0 Å². The number of nitrogens with one attached hydrogen (secondary N) is 2. The molecule has 0 aromatic heterocycles. The fraction of sp³-hybridized carbons (Fsp3) is 0.100. The third-order valence-corrected chi connectivity index (χ3v) is 1.71. The van der Waals surface area contributed by atoms with Gasteiger partial charge in [-0.15, -0.1) is 0 Å². The van der Waals surface area contributed by atoms with Crippen LogP contribution in [0.3, 0.4) is 0 Å². The summed E-state index contributed by atoms with van der Waals surface area (Å²) in [7, 11) is 0. The molecule has 0 aliphatic rings. The van der Waals surface area contributed by atoms with E-state index in [2.05, 4.69) is 28.1 Å². The maximum Gasteiger partial charge on any atom is 2.00 e. The molecule has 0 heterocycles. The van der Waals surface area contributed by atoms with Crippen molar-refractivity contribution in [1.29, 1.82) is 0 Å². The normalized spacial score (nSPS) is 9.47. The van der Waals surface area contributed by atoms with Crippen LogP contribution in [0.2, 0.25) is 0 Å². The molecular weight excluding hydrogens is 264 g/mol. The van der Waals surface area contributed by atoms with Gasteiger partial charge in [-0.05, 0) is 29.9 Å². The van der Waals surface area contributed by atoms with Crippen molar-refractivity contribution in [3.05, 3.63) is 29.8 Å². The van der Waals surface area contributed by atoms with Gasteiger partial charge in [-0.3, -0.25) is 10.2 Å². The molecule has 1 rings (SSSR count). The van der Waals surface area contributed by atoms with E-state index in [1.165, 1.54) is 6.92 Å². The molecule has 0 spiro atoms. The van der Waals surface area contributed by atoms with Gasteiger partial charge in [0.1, 0.15) is 0 Å². The Hall–Kier alpha value is -0.690. The Balaban J connectivity index is -0.000000853. The van der Waals surface area contributed by atoms with Crippen molar-refractivity contribution in [2.75, 3.05) is 5.32 Å². The summed E-state index contributed by atoms with van der Waals surface area (Å²) in [5, 5.41) is 6.59. The van der Waals surface area contributed by atoms with Gasteiger partial charge in [-0.2, -0.15) is 5.10 Å². The van der Waals surface area contributed by atoms with Gasteiger partial charge in [0.25, 0.3) is 0 Å². The largest absolute Gasteiger partial charge is 2.00 e. The molecule has 0 aliphatic carbocycles. The van der Waals surface area contributed by atoms with Crippen LogP contribution in [0.25, 0.3) is 0 Å². The van der Waals surface area contributed by atoms with Crippen molar-refractivity contribution in [3.8, 4) is 0 Å². The van der Waals surface area contributed by atoms with E-state index in [0.717, 1.165) is 11.3 Å². The number of benzene rings is 1. The maximum absolute atomic E-state index is 10.8. The van der Waals surface area contributed by atoms with Gasteiger partial charge < -0.3 is 13.9 Å². The van der Waals surface area contributed by atoms with E-state index in [9.17, 15) is 4.79 Å². The van der Waals surface area contributed by atoms with E-state index in [1.54, 1.807) is 18.3 Å². The quantitative estimate of drug-likeness (QED) is 0.328. The molecular formula is C10H14CaN4OS. The number of amides is 1. The van der Waals surface area contributed by atoms with Crippen LogP contribution in [-0.4, -0.2) is 55.0 Å². The summed E-state index contributed by atoms with van der Waals surface area (Å²) in [4.78, 5) is 10.8. The van der Waals surface area contributed by atoms with E-state index < -0.39 is 0 Å². The van der Waals surface area contributed by atoms with Crippen molar-refractivity contribution in [1.82, 2.24) is 5.43 Å². The van der Waals surface area contributed by atoms with Crippen molar-refractivity contribution < 1.29 is 7.65 Å². The molecule has 0 atom stereocenters. The number of anilines is 1. The fourth-order valence-electron chi connectivity index (χ4n) is 1.03. The number of hydrazone groups is 1. The van der Waals surface area contributed by atoms with Crippen molar-refractivity contribution in [2.24, 2.45) is 10.8 Å². The minimum Gasteiger partial charge on any atom is -1.00 e. The maximum atomic E-state index is 10.8. The molecule has 0 fully saturated rings. The van der Waals surface area contributed by atoms with Crippen molar-refractivity contribution in [3.63, 3.8) is 0 Å². The number of nitrogens with zero attached hydrogens (tertiary/aromatic N) is 1. The topological polar surface area (TPSA) is 79.5 Å². The summed E-state index contributed by atoms with van der Waals surface area (Å²) < 4.78 is 0. The van der Waals surface area contributed by atoms with Crippen molar-refractivity contribution >= 4 is 72.9 Å². The minimum atomic E-state index is -0.100. The van der Waals surface area contributed by atoms with Crippen LogP contribution in [0.4, 0.5) is 5.69 Å². The summed E-state index contributed by atoms with van der Waals surface area (Å²) in [6.07, 6.45) is 1.58. The van der Waals surface area contributed by atoms with Crippen LogP contribution in [-0.2, 0) is 4.79 Å². The molecule has 1 aromatic carbocycles. The average Bonchev–Trinajstić information content (AvgIpc) is 2.19. The van der Waals surface area contributed by atoms with Crippen LogP contribution in [0.5, 0.6) is 0 Å². The molecule has 0 saturated heterocycles. The van der Waals surface area contributed by atoms with Gasteiger partial charge in [0.05, 0.1) is 6.21 Å². The summed E-state index contributed by atoms with van der Waals surface area (Å²) in [6.45, 7) is 1.46. The van der Waals surface area contributed by atoms with Gasteiger partial charge in [-0.1, -0.05) is 12.1 Å². The van der Waals surface area contributed by atoms with Crippen LogP contribution < -0.4 is 16.5 Å². The van der Waals surface area contributed by atoms with Gasteiger partial charge in [0.2, 0.25) is 5.91 Å². The number of hydrogen-bond acceptors (Lipinski definition) is 3. The SMILES string of the molecule is CC(=O)Nc1ccc(C=NNC(N)=S)cc1.[Ca+2].[H-].[H-]. The van der Waals surface area contributed by atoms with E-state index in [4.69, 9.17) is 5.73 Å². The number of rotatable bonds is 3. The van der Waals surface area contributed by atoms with Crippen LogP contribution in [0.15, 0.2) is 29.4 Å². The van der Waals surface area contributed by atoms with Gasteiger partial charge in [0.15, 0.2) is 5.11 Å². The fourth-order valence-corrected chi connectivity index (χ4v) is 1.08. The Kier molecular flexibility index (Phi) is 8.07. The molecule has 5 nitrogen and oxygen atoms in total. The van der Waals surface area contributed by atoms with Gasteiger partial charge >= 0.3 is 37.7 Å². The Morgan fingerprint density at radius 1 is 1.47 bits per heavy atom. The Morgan fingerprint density at radius 2 is 2.06 bits per heavy atom. The first-order chi connectivity index (χ1) is 7.58. The third-order valence-electron chi connectivity index (χ3n) is 1.62. The van der Waals surface area contributed by atoms with Crippen LogP contribution in [0.1, 0.15) is 15.3 Å². The first-order valence-electron chi connectivity index (χ1n) is 4.54. The molecule has 4 N–H and O–H groups in total. The molecule has 0 aliphatic heterocycles. The molecule has 1 aromatic rings. The second-order valence-corrected chi connectivity index (χ2v) is 3.48. The molecule has 0 bridgehead atoms. The smallest absolute Gasteiger partial charge is 1.00 e. The Bertz CT molecular complexity index is 428. The van der Waals surface area contributed by atoms with E-state index in [1.807, 2.05) is 12.1 Å². The summed E-state index contributed by atoms with van der Waals surface area (Å²) in [5.41, 5.74) is 9.26. The molecule has 7 heteroatoms. The average molecular weight is 278 g/mol.